The van der Waals surface area contributed by atoms with Gasteiger partial charge in [-0.05, 0) is 6.92 Å². The lowest BCUT2D eigenvalue weighted by atomic mass is 10.3. The smallest absolute Gasteiger partial charge is 0.236 e. The number of piperazine rings is 1. The molecule has 3 rings (SSSR count). The largest absolute Gasteiger partial charge is 0.378 e. The number of anilines is 2. The maximum Gasteiger partial charge on any atom is 0.236 e. The summed E-state index contributed by atoms with van der Waals surface area (Å²) in [6.45, 7) is 8.48. The van der Waals surface area contributed by atoms with Crippen LogP contribution in [0.25, 0.3) is 0 Å². The molecule has 3 heterocycles. The molecule has 0 aromatic carbocycles. The van der Waals surface area contributed by atoms with Crippen molar-refractivity contribution in [1.29, 1.82) is 0 Å². The summed E-state index contributed by atoms with van der Waals surface area (Å²) < 4.78 is 5.29. The zero-order valence-electron chi connectivity index (χ0n) is 13.6. The Morgan fingerprint density at radius 2 is 1.87 bits per heavy atom. The molecule has 0 radical (unpaired) electrons. The fourth-order valence-corrected chi connectivity index (χ4v) is 2.98. The first-order chi connectivity index (χ1) is 11.1. The summed E-state index contributed by atoms with van der Waals surface area (Å²) in [5.41, 5.74) is 6.59. The van der Waals surface area contributed by atoms with Gasteiger partial charge >= 0.3 is 0 Å². The molecule has 0 spiro atoms. The number of carbonyl (C=O) groups excluding carboxylic acids is 1. The maximum atomic E-state index is 12.3. The zero-order valence-corrected chi connectivity index (χ0v) is 13.6. The number of carbonyl (C=O) groups is 1. The Labute approximate surface area is 136 Å². The van der Waals surface area contributed by atoms with Gasteiger partial charge in [0.05, 0.1) is 19.8 Å². The molecular formula is C15H24N6O2. The van der Waals surface area contributed by atoms with E-state index in [1.807, 2.05) is 17.9 Å². The average molecular weight is 320 g/mol. The Hall–Kier alpha value is -1.93. The first kappa shape index (κ1) is 15.9. The summed E-state index contributed by atoms with van der Waals surface area (Å²) in [5.74, 6) is 1.38. The normalized spacial score (nSPS) is 19.9. The van der Waals surface area contributed by atoms with Gasteiger partial charge in [0, 0.05) is 51.0 Å². The highest BCUT2D eigenvalue weighted by Gasteiger charge is 2.23. The van der Waals surface area contributed by atoms with Crippen molar-refractivity contribution < 1.29 is 9.53 Å². The third-order valence-electron chi connectivity index (χ3n) is 4.28. The van der Waals surface area contributed by atoms with Crippen LogP contribution in [-0.4, -0.2) is 84.7 Å². The third kappa shape index (κ3) is 4.08. The van der Waals surface area contributed by atoms with Gasteiger partial charge in [-0.3, -0.25) is 9.69 Å². The van der Waals surface area contributed by atoms with Gasteiger partial charge in [-0.25, -0.2) is 4.98 Å². The predicted octanol–water partition coefficient (Wildman–Crippen LogP) is -0.652. The number of nitrogen functional groups attached to an aromatic ring is 1. The second-order valence-electron chi connectivity index (χ2n) is 5.98. The molecule has 0 saturated carbocycles. The summed E-state index contributed by atoms with van der Waals surface area (Å²) in [6.07, 6.45) is 0. The highest BCUT2D eigenvalue weighted by atomic mass is 16.5. The van der Waals surface area contributed by atoms with E-state index >= 15 is 0 Å². The van der Waals surface area contributed by atoms with E-state index in [1.165, 1.54) is 0 Å². The minimum atomic E-state index is 0.198. The molecule has 8 nitrogen and oxygen atoms in total. The monoisotopic (exact) mass is 320 g/mol. The molecule has 2 aliphatic rings. The molecule has 0 unspecified atom stereocenters. The van der Waals surface area contributed by atoms with Gasteiger partial charge in [-0.1, -0.05) is 0 Å². The number of hydrogen-bond donors (Lipinski definition) is 1. The fourth-order valence-electron chi connectivity index (χ4n) is 2.98. The van der Waals surface area contributed by atoms with E-state index < -0.39 is 0 Å². The maximum absolute atomic E-state index is 12.3. The van der Waals surface area contributed by atoms with Crippen LogP contribution in [0.2, 0.25) is 0 Å². The molecule has 2 saturated heterocycles. The lowest BCUT2D eigenvalue weighted by Crippen LogP contribution is -2.51. The Bertz CT molecular complexity index is 533. The number of rotatable bonds is 3. The molecule has 2 N–H and O–H groups in total. The SMILES string of the molecule is Cc1cc(N2CCN(CC(=O)N3CCOCC3)CC2)nc(N)n1. The predicted molar refractivity (Wildman–Crippen MR) is 87.2 cm³/mol. The number of nitrogens with zero attached hydrogens (tertiary/aromatic N) is 5. The number of aryl methyl sites for hydroxylation is 1. The van der Waals surface area contributed by atoms with Crippen molar-refractivity contribution in [3.8, 4) is 0 Å². The minimum absolute atomic E-state index is 0.198. The molecule has 2 fully saturated rings. The first-order valence-electron chi connectivity index (χ1n) is 8.06. The van der Waals surface area contributed by atoms with Crippen LogP contribution in [0.5, 0.6) is 0 Å². The standard InChI is InChI=1S/C15H24N6O2/c1-12-10-13(18-15(16)17-12)20-4-2-19(3-5-20)11-14(22)21-6-8-23-9-7-21/h10H,2-9,11H2,1H3,(H2,16,17,18). The number of ether oxygens (including phenoxy) is 1. The first-order valence-corrected chi connectivity index (χ1v) is 8.06. The Balaban J connectivity index is 1.51. The van der Waals surface area contributed by atoms with Crippen LogP contribution in [0.3, 0.4) is 0 Å². The van der Waals surface area contributed by atoms with Gasteiger partial charge in [-0.15, -0.1) is 0 Å². The average Bonchev–Trinajstić information content (AvgIpc) is 2.55. The quantitative estimate of drug-likeness (QED) is 0.791. The van der Waals surface area contributed by atoms with E-state index in [9.17, 15) is 4.79 Å². The van der Waals surface area contributed by atoms with E-state index in [1.54, 1.807) is 0 Å². The zero-order chi connectivity index (χ0) is 16.2. The van der Waals surface area contributed by atoms with Crippen LogP contribution in [0.4, 0.5) is 11.8 Å². The highest BCUT2D eigenvalue weighted by Crippen LogP contribution is 2.15. The van der Waals surface area contributed by atoms with Crippen molar-refractivity contribution in [3.63, 3.8) is 0 Å². The van der Waals surface area contributed by atoms with E-state index in [0.29, 0.717) is 38.8 Å². The molecular weight excluding hydrogens is 296 g/mol. The molecule has 23 heavy (non-hydrogen) atoms. The van der Waals surface area contributed by atoms with Gasteiger partial charge in [0.1, 0.15) is 5.82 Å². The molecule has 0 atom stereocenters. The van der Waals surface area contributed by atoms with Crippen LogP contribution in [-0.2, 0) is 9.53 Å². The number of aromatic nitrogens is 2. The molecule has 1 amide bonds. The molecule has 8 heteroatoms. The molecule has 126 valence electrons. The third-order valence-corrected chi connectivity index (χ3v) is 4.28. The van der Waals surface area contributed by atoms with Crippen LogP contribution >= 0.6 is 0 Å². The summed E-state index contributed by atoms with van der Waals surface area (Å²) in [7, 11) is 0. The number of morpholine rings is 1. The van der Waals surface area contributed by atoms with Crippen LogP contribution in [0, 0.1) is 6.92 Å². The second kappa shape index (κ2) is 7.10. The van der Waals surface area contributed by atoms with Crippen LogP contribution in [0.1, 0.15) is 5.69 Å². The van der Waals surface area contributed by atoms with E-state index in [2.05, 4.69) is 19.8 Å². The van der Waals surface area contributed by atoms with Crippen molar-refractivity contribution in [1.82, 2.24) is 19.8 Å². The van der Waals surface area contributed by atoms with Gasteiger partial charge in [0.2, 0.25) is 11.9 Å². The highest BCUT2D eigenvalue weighted by molar-refractivity contribution is 5.78. The Kier molecular flexibility index (Phi) is 4.92. The summed E-state index contributed by atoms with van der Waals surface area (Å²) in [6, 6.07) is 1.95. The lowest BCUT2D eigenvalue weighted by Gasteiger charge is -2.36. The van der Waals surface area contributed by atoms with Crippen molar-refractivity contribution in [2.45, 2.75) is 6.92 Å². The van der Waals surface area contributed by atoms with Crippen molar-refractivity contribution in [2.24, 2.45) is 0 Å². The van der Waals surface area contributed by atoms with Crippen LogP contribution in [0.15, 0.2) is 6.07 Å². The fraction of sp³-hybridized carbons (Fsp3) is 0.667. The number of nitrogens with two attached hydrogens (primary N) is 1. The van der Waals surface area contributed by atoms with Gasteiger partial charge in [0.25, 0.3) is 0 Å². The molecule has 1 aromatic rings. The Morgan fingerprint density at radius 1 is 1.17 bits per heavy atom. The van der Waals surface area contributed by atoms with E-state index in [-0.39, 0.29) is 5.91 Å². The Morgan fingerprint density at radius 3 is 2.52 bits per heavy atom. The van der Waals surface area contributed by atoms with Gasteiger partial charge in [-0.2, -0.15) is 4.98 Å². The minimum Gasteiger partial charge on any atom is -0.378 e. The number of amides is 1. The molecule has 2 aliphatic heterocycles. The van der Waals surface area contributed by atoms with Crippen molar-refractivity contribution in [3.05, 3.63) is 11.8 Å². The van der Waals surface area contributed by atoms with Crippen molar-refractivity contribution >= 4 is 17.7 Å². The molecule has 1 aromatic heterocycles. The van der Waals surface area contributed by atoms with E-state index in [4.69, 9.17) is 10.5 Å². The summed E-state index contributed by atoms with van der Waals surface area (Å²) >= 11 is 0. The van der Waals surface area contributed by atoms with Gasteiger partial charge < -0.3 is 20.3 Å². The van der Waals surface area contributed by atoms with Crippen LogP contribution < -0.4 is 10.6 Å². The van der Waals surface area contributed by atoms with Gasteiger partial charge in [0.15, 0.2) is 0 Å². The van der Waals surface area contributed by atoms with E-state index in [0.717, 1.165) is 37.7 Å². The number of hydrogen-bond acceptors (Lipinski definition) is 7. The molecule has 0 bridgehead atoms. The summed E-state index contributed by atoms with van der Waals surface area (Å²) in [4.78, 5) is 27.0. The second-order valence-corrected chi connectivity index (χ2v) is 5.98. The topological polar surface area (TPSA) is 87.8 Å². The lowest BCUT2D eigenvalue weighted by molar-refractivity contribution is -0.136. The van der Waals surface area contributed by atoms with Crippen molar-refractivity contribution in [2.75, 3.05) is 69.7 Å². The molecule has 0 aliphatic carbocycles. The summed E-state index contributed by atoms with van der Waals surface area (Å²) in [5, 5.41) is 0.